The summed E-state index contributed by atoms with van der Waals surface area (Å²) in [6, 6.07) is 2.68. The van der Waals surface area contributed by atoms with E-state index in [4.69, 9.17) is 0 Å². The summed E-state index contributed by atoms with van der Waals surface area (Å²) in [5.74, 6) is -0.779. The number of rotatable bonds is 1. The van der Waals surface area contributed by atoms with Crippen molar-refractivity contribution < 1.29 is 23.1 Å². The van der Waals surface area contributed by atoms with Crippen LogP contribution in [0, 0.1) is 0 Å². The zero-order valence-corrected chi connectivity index (χ0v) is 9.85. The molecule has 0 aromatic carbocycles. The molecular weight excluding hydrogens is 263 g/mol. The van der Waals surface area contributed by atoms with Crippen molar-refractivity contribution in [1.82, 2.24) is 9.99 Å². The largest absolute Gasteiger partial charge is 0.431 e. The number of halogens is 3. The van der Waals surface area contributed by atoms with Gasteiger partial charge in [0.1, 0.15) is 5.71 Å². The molecule has 0 aliphatic carbocycles. The monoisotopic (exact) mass is 273 g/mol. The Hall–Kier alpha value is -1.96. The van der Waals surface area contributed by atoms with E-state index in [0.29, 0.717) is 5.01 Å². The maximum atomic E-state index is 12.7. The van der Waals surface area contributed by atoms with Gasteiger partial charge in [-0.1, -0.05) is 0 Å². The zero-order valence-electron chi connectivity index (χ0n) is 9.85. The van der Waals surface area contributed by atoms with Crippen LogP contribution in [0.5, 0.6) is 0 Å². The third-order valence-corrected chi connectivity index (χ3v) is 2.75. The number of aliphatic hydroxyl groups is 1. The molecule has 0 spiro atoms. The molecule has 1 aliphatic heterocycles. The van der Waals surface area contributed by atoms with Crippen LogP contribution in [0.3, 0.4) is 0 Å². The van der Waals surface area contributed by atoms with Crippen LogP contribution in [0.1, 0.15) is 18.9 Å². The molecule has 5 nitrogen and oxygen atoms in total. The highest BCUT2D eigenvalue weighted by Gasteiger charge is 2.52. The molecule has 1 aromatic rings. The molecule has 0 saturated heterocycles. The standard InChI is InChI=1S/C11H10F3N3O2/c1-7(18)17-10(19,8-2-4-15-5-3-8)6-9(16-17)11(12,13)14/h2-5,19H,6H2,1H3/t10-/m0/s1. The fourth-order valence-corrected chi connectivity index (χ4v) is 1.88. The lowest BCUT2D eigenvalue weighted by molar-refractivity contribution is -0.155. The summed E-state index contributed by atoms with van der Waals surface area (Å²) in [5, 5.41) is 14.0. The van der Waals surface area contributed by atoms with Crippen molar-refractivity contribution in [2.75, 3.05) is 0 Å². The first-order valence-electron chi connectivity index (χ1n) is 5.33. The predicted octanol–water partition coefficient (Wildman–Crippen LogP) is 1.40. The molecule has 8 heteroatoms. The Morgan fingerprint density at radius 1 is 1.42 bits per heavy atom. The minimum Gasteiger partial charge on any atom is -0.365 e. The minimum absolute atomic E-state index is 0.126. The molecule has 1 aliphatic rings. The van der Waals surface area contributed by atoms with Gasteiger partial charge in [-0.05, 0) is 12.1 Å². The first kappa shape index (κ1) is 13.5. The van der Waals surface area contributed by atoms with E-state index in [1.54, 1.807) is 0 Å². The van der Waals surface area contributed by atoms with Crippen LogP contribution in [0.4, 0.5) is 13.2 Å². The molecule has 2 heterocycles. The van der Waals surface area contributed by atoms with E-state index in [1.165, 1.54) is 24.5 Å². The lowest BCUT2D eigenvalue weighted by atomic mass is 9.98. The molecule has 0 unspecified atom stereocenters. The maximum Gasteiger partial charge on any atom is 0.431 e. The first-order chi connectivity index (χ1) is 8.75. The molecule has 1 atom stereocenters. The summed E-state index contributed by atoms with van der Waals surface area (Å²) in [5.41, 5.74) is -3.19. The molecule has 1 N–H and O–H groups in total. The van der Waals surface area contributed by atoms with Gasteiger partial charge >= 0.3 is 6.18 Å². The Balaban J connectivity index is 2.45. The average molecular weight is 273 g/mol. The fourth-order valence-electron chi connectivity index (χ4n) is 1.88. The van der Waals surface area contributed by atoms with E-state index in [0.717, 1.165) is 6.92 Å². The molecule has 0 fully saturated rings. The molecule has 1 aromatic heterocycles. The molecule has 19 heavy (non-hydrogen) atoms. The highest BCUT2D eigenvalue weighted by Crippen LogP contribution is 2.39. The minimum atomic E-state index is -4.69. The quantitative estimate of drug-likeness (QED) is 0.841. The number of hydrogen-bond acceptors (Lipinski definition) is 4. The van der Waals surface area contributed by atoms with Crippen molar-refractivity contribution >= 4 is 11.6 Å². The molecule has 102 valence electrons. The number of amides is 1. The van der Waals surface area contributed by atoms with Crippen molar-refractivity contribution in [3.05, 3.63) is 30.1 Å². The number of aromatic nitrogens is 1. The molecule has 0 bridgehead atoms. The summed E-state index contributed by atoms with van der Waals surface area (Å²) in [7, 11) is 0. The number of nitrogens with zero attached hydrogens (tertiary/aromatic N) is 3. The second kappa shape index (κ2) is 4.30. The third kappa shape index (κ3) is 2.30. The molecular formula is C11H10F3N3O2. The van der Waals surface area contributed by atoms with Crippen molar-refractivity contribution in [3.63, 3.8) is 0 Å². The van der Waals surface area contributed by atoms with Crippen molar-refractivity contribution in [3.8, 4) is 0 Å². The van der Waals surface area contributed by atoms with Gasteiger partial charge in [0.15, 0.2) is 5.72 Å². The zero-order chi connectivity index (χ0) is 14.3. The van der Waals surface area contributed by atoms with Gasteiger partial charge in [-0.15, -0.1) is 0 Å². The van der Waals surface area contributed by atoms with Gasteiger partial charge in [0.05, 0.1) is 6.42 Å². The second-order valence-electron chi connectivity index (χ2n) is 4.10. The SMILES string of the molecule is CC(=O)N1N=C(C(F)(F)F)C[C@]1(O)c1ccncc1. The normalized spacial score (nSPS) is 23.4. The van der Waals surface area contributed by atoms with Gasteiger partial charge in [0.25, 0.3) is 0 Å². The fraction of sp³-hybridized carbons (Fsp3) is 0.364. The third-order valence-electron chi connectivity index (χ3n) is 2.75. The molecule has 0 radical (unpaired) electrons. The lowest BCUT2D eigenvalue weighted by Gasteiger charge is -2.30. The van der Waals surface area contributed by atoms with Gasteiger partial charge in [0.2, 0.25) is 5.91 Å². The van der Waals surface area contributed by atoms with Crippen LogP contribution >= 0.6 is 0 Å². The smallest absolute Gasteiger partial charge is 0.365 e. The van der Waals surface area contributed by atoms with E-state index in [-0.39, 0.29) is 5.56 Å². The van der Waals surface area contributed by atoms with Crippen LogP contribution in [0.25, 0.3) is 0 Å². The number of hydrogen-bond donors (Lipinski definition) is 1. The van der Waals surface area contributed by atoms with Gasteiger partial charge in [0, 0.05) is 24.9 Å². The van der Waals surface area contributed by atoms with Crippen LogP contribution in [0.15, 0.2) is 29.6 Å². The number of pyridine rings is 1. The topological polar surface area (TPSA) is 65.8 Å². The van der Waals surface area contributed by atoms with Crippen LogP contribution < -0.4 is 0 Å². The lowest BCUT2D eigenvalue weighted by Crippen LogP contribution is -2.42. The number of hydrazone groups is 1. The molecule has 2 rings (SSSR count). The number of carbonyl (C=O) groups is 1. The van der Waals surface area contributed by atoms with Crippen molar-refractivity contribution in [1.29, 1.82) is 0 Å². The summed E-state index contributed by atoms with van der Waals surface area (Å²) in [4.78, 5) is 15.1. The Bertz CT molecular complexity index is 530. The van der Waals surface area contributed by atoms with Gasteiger partial charge in [-0.3, -0.25) is 9.78 Å². The maximum absolute atomic E-state index is 12.7. The second-order valence-corrected chi connectivity index (χ2v) is 4.10. The van der Waals surface area contributed by atoms with E-state index < -0.39 is 29.9 Å². The molecule has 0 saturated carbocycles. The number of carbonyl (C=O) groups excluding carboxylic acids is 1. The predicted molar refractivity (Wildman–Crippen MR) is 58.8 cm³/mol. The summed E-state index contributed by atoms with van der Waals surface area (Å²) >= 11 is 0. The van der Waals surface area contributed by atoms with E-state index in [1.807, 2.05) is 0 Å². The Labute approximate surface area is 106 Å². The Morgan fingerprint density at radius 2 is 2.00 bits per heavy atom. The highest BCUT2D eigenvalue weighted by molar-refractivity contribution is 5.94. The van der Waals surface area contributed by atoms with Crippen LogP contribution in [-0.2, 0) is 10.5 Å². The van der Waals surface area contributed by atoms with Gasteiger partial charge in [-0.25, -0.2) is 0 Å². The van der Waals surface area contributed by atoms with Crippen molar-refractivity contribution in [2.24, 2.45) is 5.10 Å². The molecule has 1 amide bonds. The highest BCUT2D eigenvalue weighted by atomic mass is 19.4. The van der Waals surface area contributed by atoms with Gasteiger partial charge in [-0.2, -0.15) is 23.3 Å². The van der Waals surface area contributed by atoms with Gasteiger partial charge < -0.3 is 5.11 Å². The summed E-state index contributed by atoms with van der Waals surface area (Å²) < 4.78 is 38.0. The van der Waals surface area contributed by atoms with Crippen LogP contribution in [-0.4, -0.2) is 32.9 Å². The summed E-state index contributed by atoms with van der Waals surface area (Å²) in [6.45, 7) is 1.04. The van der Waals surface area contributed by atoms with Crippen molar-refractivity contribution in [2.45, 2.75) is 25.2 Å². The average Bonchev–Trinajstić information content (AvgIpc) is 2.70. The van der Waals surface area contributed by atoms with E-state index >= 15 is 0 Å². The van der Waals surface area contributed by atoms with Crippen LogP contribution in [0.2, 0.25) is 0 Å². The Kier molecular flexibility index (Phi) is 3.05. The number of alkyl halides is 3. The van der Waals surface area contributed by atoms with E-state index in [9.17, 15) is 23.1 Å². The Morgan fingerprint density at radius 3 is 2.47 bits per heavy atom. The first-order valence-corrected chi connectivity index (χ1v) is 5.33. The van der Waals surface area contributed by atoms with E-state index in [2.05, 4.69) is 10.1 Å². The summed E-state index contributed by atoms with van der Waals surface area (Å²) in [6.07, 6.45) is -2.86.